The van der Waals surface area contributed by atoms with Crippen LogP contribution in [-0.2, 0) is 24.1 Å². The standard InChI is InChI=1S/C13H26O6S/c1-2-3-4-5-6-7-8-9-13-17-10-12(11-18-13)19-20(14,15)16/h12-13H,2-11H2,1H3,(H,14,15,16)/t12-,13-. The van der Waals surface area contributed by atoms with E-state index in [0.717, 1.165) is 19.3 Å². The zero-order valence-electron chi connectivity index (χ0n) is 12.1. The molecule has 0 saturated carbocycles. The lowest BCUT2D eigenvalue weighted by atomic mass is 10.1. The van der Waals surface area contributed by atoms with Gasteiger partial charge < -0.3 is 9.47 Å². The van der Waals surface area contributed by atoms with E-state index in [4.69, 9.17) is 14.0 Å². The monoisotopic (exact) mass is 310 g/mol. The second kappa shape index (κ2) is 9.68. The van der Waals surface area contributed by atoms with Crippen LogP contribution in [-0.4, -0.2) is 38.6 Å². The van der Waals surface area contributed by atoms with E-state index in [2.05, 4.69) is 11.1 Å². The van der Waals surface area contributed by atoms with Crippen LogP contribution in [0.5, 0.6) is 0 Å². The fraction of sp³-hybridized carbons (Fsp3) is 1.00. The molecule has 0 aromatic rings. The molecular weight excluding hydrogens is 284 g/mol. The van der Waals surface area contributed by atoms with Gasteiger partial charge in [0.2, 0.25) is 0 Å². The fourth-order valence-corrected chi connectivity index (χ4v) is 2.64. The van der Waals surface area contributed by atoms with Crippen LogP contribution in [0.15, 0.2) is 0 Å². The van der Waals surface area contributed by atoms with Gasteiger partial charge >= 0.3 is 10.4 Å². The highest BCUT2D eigenvalue weighted by atomic mass is 32.3. The van der Waals surface area contributed by atoms with E-state index in [-0.39, 0.29) is 19.5 Å². The summed E-state index contributed by atoms with van der Waals surface area (Å²) < 4.78 is 44.7. The largest absolute Gasteiger partial charge is 0.397 e. The third-order valence-corrected chi connectivity index (χ3v) is 3.75. The van der Waals surface area contributed by atoms with Crippen molar-refractivity contribution in [1.29, 1.82) is 0 Å². The number of hydrogen-bond acceptors (Lipinski definition) is 5. The zero-order chi connectivity index (χ0) is 14.8. The normalized spacial score (nSPS) is 23.9. The number of ether oxygens (including phenoxy) is 2. The number of unbranched alkanes of at least 4 members (excludes halogenated alkanes) is 6. The van der Waals surface area contributed by atoms with Gasteiger partial charge in [-0.15, -0.1) is 0 Å². The molecule has 1 heterocycles. The van der Waals surface area contributed by atoms with Crippen LogP contribution in [0.1, 0.15) is 58.3 Å². The van der Waals surface area contributed by atoms with Crippen molar-refractivity contribution in [3.63, 3.8) is 0 Å². The van der Waals surface area contributed by atoms with Gasteiger partial charge in [0.15, 0.2) is 6.29 Å². The van der Waals surface area contributed by atoms with Crippen LogP contribution >= 0.6 is 0 Å². The lowest BCUT2D eigenvalue weighted by molar-refractivity contribution is -0.213. The second-order valence-corrected chi connectivity index (χ2v) is 6.20. The van der Waals surface area contributed by atoms with Gasteiger partial charge in [0.05, 0.1) is 13.2 Å². The first-order chi connectivity index (χ1) is 9.51. The molecular formula is C13H26O6S. The minimum atomic E-state index is -4.43. The Balaban J connectivity index is 2.00. The molecule has 0 amide bonds. The quantitative estimate of drug-likeness (QED) is 0.493. The highest BCUT2D eigenvalue weighted by molar-refractivity contribution is 7.80. The fourth-order valence-electron chi connectivity index (χ4n) is 2.19. The summed E-state index contributed by atoms with van der Waals surface area (Å²) >= 11 is 0. The van der Waals surface area contributed by atoms with E-state index in [0.29, 0.717) is 0 Å². The first-order valence-corrected chi connectivity index (χ1v) is 8.76. The Kier molecular flexibility index (Phi) is 8.63. The van der Waals surface area contributed by atoms with Crippen molar-refractivity contribution in [2.75, 3.05) is 13.2 Å². The summed E-state index contributed by atoms with van der Waals surface area (Å²) in [6.07, 6.45) is 8.38. The Morgan fingerprint density at radius 1 is 1.05 bits per heavy atom. The van der Waals surface area contributed by atoms with Crippen molar-refractivity contribution in [1.82, 2.24) is 0 Å². The third-order valence-electron chi connectivity index (χ3n) is 3.24. The van der Waals surface area contributed by atoms with Crippen LogP contribution in [0, 0.1) is 0 Å². The number of rotatable bonds is 10. The molecule has 1 N–H and O–H groups in total. The van der Waals surface area contributed by atoms with Crippen molar-refractivity contribution >= 4 is 10.4 Å². The van der Waals surface area contributed by atoms with Gasteiger partial charge in [-0.25, -0.2) is 4.18 Å². The maximum absolute atomic E-state index is 10.5. The van der Waals surface area contributed by atoms with Crippen molar-refractivity contribution in [2.45, 2.75) is 70.7 Å². The van der Waals surface area contributed by atoms with E-state index in [9.17, 15) is 8.42 Å². The first kappa shape index (κ1) is 17.8. The lowest BCUT2D eigenvalue weighted by Crippen LogP contribution is -2.38. The SMILES string of the molecule is CCCCCCCCC[C@H]1OC[C@H](OS(=O)(=O)O)CO1. The van der Waals surface area contributed by atoms with Gasteiger partial charge in [0.25, 0.3) is 0 Å². The average molecular weight is 310 g/mol. The Hall–Kier alpha value is -0.210. The zero-order valence-corrected chi connectivity index (χ0v) is 12.9. The molecule has 0 radical (unpaired) electrons. The lowest BCUT2D eigenvalue weighted by Gasteiger charge is -2.28. The van der Waals surface area contributed by atoms with Gasteiger partial charge in [-0.3, -0.25) is 4.55 Å². The second-order valence-electron chi connectivity index (χ2n) is 5.15. The Labute approximate surface area is 121 Å². The molecule has 0 spiro atoms. The molecule has 1 fully saturated rings. The van der Waals surface area contributed by atoms with Gasteiger partial charge in [-0.2, -0.15) is 8.42 Å². The molecule has 7 heteroatoms. The molecule has 0 atom stereocenters. The van der Waals surface area contributed by atoms with E-state index >= 15 is 0 Å². The molecule has 0 aliphatic carbocycles. The first-order valence-electron chi connectivity index (χ1n) is 7.40. The van der Waals surface area contributed by atoms with Crippen LogP contribution in [0.4, 0.5) is 0 Å². The molecule has 0 bridgehead atoms. The molecule has 120 valence electrons. The van der Waals surface area contributed by atoms with E-state index in [1.165, 1.54) is 32.1 Å². The maximum Gasteiger partial charge on any atom is 0.397 e. The van der Waals surface area contributed by atoms with Gasteiger partial charge in [0.1, 0.15) is 6.10 Å². The summed E-state index contributed by atoms with van der Waals surface area (Å²) in [7, 11) is -4.43. The molecule has 1 rings (SSSR count). The summed E-state index contributed by atoms with van der Waals surface area (Å²) in [6.45, 7) is 2.46. The van der Waals surface area contributed by atoms with Crippen LogP contribution < -0.4 is 0 Å². The van der Waals surface area contributed by atoms with Gasteiger partial charge in [-0.05, 0) is 12.8 Å². The average Bonchev–Trinajstić information content (AvgIpc) is 2.38. The summed E-state index contributed by atoms with van der Waals surface area (Å²) in [5.74, 6) is 0. The van der Waals surface area contributed by atoms with Crippen molar-refractivity contribution < 1.29 is 26.6 Å². The highest BCUT2D eigenvalue weighted by Crippen LogP contribution is 2.16. The van der Waals surface area contributed by atoms with Crippen LogP contribution in [0.3, 0.4) is 0 Å². The molecule has 0 aromatic carbocycles. The minimum absolute atomic E-state index is 0.126. The Morgan fingerprint density at radius 2 is 1.60 bits per heavy atom. The molecule has 1 aliphatic heterocycles. The third kappa shape index (κ3) is 8.86. The Morgan fingerprint density at radius 3 is 2.15 bits per heavy atom. The van der Waals surface area contributed by atoms with Crippen LogP contribution in [0.2, 0.25) is 0 Å². The predicted octanol–water partition coefficient (Wildman–Crippen LogP) is 2.69. The van der Waals surface area contributed by atoms with E-state index < -0.39 is 16.5 Å². The van der Waals surface area contributed by atoms with Gasteiger partial charge in [-0.1, -0.05) is 45.4 Å². The van der Waals surface area contributed by atoms with E-state index in [1.54, 1.807) is 0 Å². The molecule has 1 aliphatic rings. The summed E-state index contributed by atoms with van der Waals surface area (Å²) in [5.41, 5.74) is 0. The summed E-state index contributed by atoms with van der Waals surface area (Å²) in [6, 6.07) is 0. The van der Waals surface area contributed by atoms with Gasteiger partial charge in [0, 0.05) is 0 Å². The van der Waals surface area contributed by atoms with Crippen LogP contribution in [0.25, 0.3) is 0 Å². The number of hydrogen-bond donors (Lipinski definition) is 1. The molecule has 20 heavy (non-hydrogen) atoms. The molecule has 6 nitrogen and oxygen atoms in total. The Bertz CT molecular complexity index is 335. The van der Waals surface area contributed by atoms with E-state index in [1.807, 2.05) is 0 Å². The summed E-state index contributed by atoms with van der Waals surface area (Å²) in [5, 5.41) is 0. The van der Waals surface area contributed by atoms with Crippen molar-refractivity contribution in [3.05, 3.63) is 0 Å². The highest BCUT2D eigenvalue weighted by Gasteiger charge is 2.25. The maximum atomic E-state index is 10.5. The molecule has 0 unspecified atom stereocenters. The van der Waals surface area contributed by atoms with Crippen molar-refractivity contribution in [2.24, 2.45) is 0 Å². The van der Waals surface area contributed by atoms with Crippen molar-refractivity contribution in [3.8, 4) is 0 Å². The smallest absolute Gasteiger partial charge is 0.350 e. The minimum Gasteiger partial charge on any atom is -0.350 e. The molecule has 0 aromatic heterocycles. The summed E-state index contributed by atoms with van der Waals surface area (Å²) in [4.78, 5) is 0. The molecule has 1 saturated heterocycles. The predicted molar refractivity (Wildman–Crippen MR) is 74.7 cm³/mol. The topological polar surface area (TPSA) is 82.1 Å².